The SMILES string of the molecule is CCC(C#N)Oc1ccc([C@H](C)O)cc1C. The number of aliphatic hydroxyl groups excluding tert-OH is 1. The molecule has 1 aromatic rings. The smallest absolute Gasteiger partial charge is 0.184 e. The molecule has 0 radical (unpaired) electrons. The Morgan fingerprint density at radius 2 is 2.19 bits per heavy atom. The molecule has 3 nitrogen and oxygen atoms in total. The van der Waals surface area contributed by atoms with E-state index >= 15 is 0 Å². The second kappa shape index (κ2) is 5.53. The van der Waals surface area contributed by atoms with Crippen LogP contribution in [-0.4, -0.2) is 11.2 Å². The third-order valence-corrected chi connectivity index (χ3v) is 2.47. The van der Waals surface area contributed by atoms with Crippen molar-refractivity contribution in [2.24, 2.45) is 0 Å². The van der Waals surface area contributed by atoms with Gasteiger partial charge in [-0.1, -0.05) is 13.0 Å². The second-order valence-corrected chi connectivity index (χ2v) is 3.84. The monoisotopic (exact) mass is 219 g/mol. The van der Waals surface area contributed by atoms with Crippen molar-refractivity contribution >= 4 is 0 Å². The van der Waals surface area contributed by atoms with Gasteiger partial charge in [0.15, 0.2) is 6.10 Å². The van der Waals surface area contributed by atoms with Crippen LogP contribution >= 0.6 is 0 Å². The van der Waals surface area contributed by atoms with E-state index in [1.165, 1.54) is 0 Å². The van der Waals surface area contributed by atoms with Crippen molar-refractivity contribution < 1.29 is 9.84 Å². The first kappa shape index (κ1) is 12.5. The summed E-state index contributed by atoms with van der Waals surface area (Å²) in [5.41, 5.74) is 1.79. The first-order chi connectivity index (χ1) is 7.58. The summed E-state index contributed by atoms with van der Waals surface area (Å²) in [6.45, 7) is 5.54. The highest BCUT2D eigenvalue weighted by Crippen LogP contribution is 2.23. The van der Waals surface area contributed by atoms with Gasteiger partial charge < -0.3 is 9.84 Å². The standard InChI is InChI=1S/C13H17NO2/c1-4-12(8-14)16-13-6-5-11(10(3)15)7-9(13)2/h5-7,10,12,15H,4H2,1-3H3/t10-,12?/m0/s1. The Kier molecular flexibility index (Phi) is 4.33. The summed E-state index contributed by atoms with van der Waals surface area (Å²) in [6.07, 6.45) is -0.226. The van der Waals surface area contributed by atoms with E-state index in [1.54, 1.807) is 13.0 Å². The predicted octanol–water partition coefficient (Wildman–Crippen LogP) is 2.73. The molecule has 0 amide bonds. The Labute approximate surface area is 96.3 Å². The fourth-order valence-corrected chi connectivity index (χ4v) is 1.42. The maximum absolute atomic E-state index is 9.42. The average Bonchev–Trinajstić information content (AvgIpc) is 2.27. The molecule has 0 aliphatic rings. The van der Waals surface area contributed by atoms with E-state index in [0.29, 0.717) is 12.2 Å². The summed E-state index contributed by atoms with van der Waals surface area (Å²) in [7, 11) is 0. The number of benzene rings is 1. The molecule has 0 bridgehead atoms. The molecule has 0 saturated carbocycles. The van der Waals surface area contributed by atoms with Crippen LogP contribution < -0.4 is 4.74 Å². The van der Waals surface area contributed by atoms with Gasteiger partial charge in [-0.25, -0.2) is 0 Å². The van der Waals surface area contributed by atoms with E-state index in [-0.39, 0.29) is 0 Å². The number of rotatable bonds is 4. The predicted molar refractivity (Wildman–Crippen MR) is 62.1 cm³/mol. The number of aryl methyl sites for hydroxylation is 1. The summed E-state index contributed by atoms with van der Waals surface area (Å²) < 4.78 is 5.54. The zero-order valence-electron chi connectivity index (χ0n) is 9.90. The van der Waals surface area contributed by atoms with Crippen LogP contribution in [0.2, 0.25) is 0 Å². The lowest BCUT2D eigenvalue weighted by Gasteiger charge is -2.14. The van der Waals surface area contributed by atoms with Gasteiger partial charge in [-0.2, -0.15) is 5.26 Å². The Morgan fingerprint density at radius 1 is 1.50 bits per heavy atom. The first-order valence-corrected chi connectivity index (χ1v) is 5.43. The molecule has 1 unspecified atom stereocenters. The Hall–Kier alpha value is -1.53. The number of aliphatic hydroxyl groups is 1. The highest BCUT2D eigenvalue weighted by Gasteiger charge is 2.09. The van der Waals surface area contributed by atoms with E-state index in [0.717, 1.165) is 11.1 Å². The molecule has 0 aromatic heterocycles. The first-order valence-electron chi connectivity index (χ1n) is 5.43. The summed E-state index contributed by atoms with van der Waals surface area (Å²) in [4.78, 5) is 0. The van der Waals surface area contributed by atoms with E-state index in [2.05, 4.69) is 6.07 Å². The number of hydrogen-bond donors (Lipinski definition) is 1. The third-order valence-electron chi connectivity index (χ3n) is 2.47. The van der Waals surface area contributed by atoms with Crippen molar-refractivity contribution in [2.45, 2.75) is 39.4 Å². The summed E-state index contributed by atoms with van der Waals surface area (Å²) >= 11 is 0. The normalized spacial score (nSPS) is 13.9. The van der Waals surface area contributed by atoms with Gasteiger partial charge in [0.2, 0.25) is 0 Å². The molecule has 0 heterocycles. The lowest BCUT2D eigenvalue weighted by atomic mass is 10.1. The molecule has 0 aliphatic carbocycles. The molecule has 2 atom stereocenters. The lowest BCUT2D eigenvalue weighted by molar-refractivity contribution is 0.199. The largest absolute Gasteiger partial charge is 0.475 e. The van der Waals surface area contributed by atoms with Gasteiger partial charge >= 0.3 is 0 Å². The zero-order chi connectivity index (χ0) is 12.1. The molecule has 86 valence electrons. The fourth-order valence-electron chi connectivity index (χ4n) is 1.42. The minimum atomic E-state index is -0.481. The van der Waals surface area contributed by atoms with Crippen LogP contribution in [0.4, 0.5) is 0 Å². The molecular weight excluding hydrogens is 202 g/mol. The Balaban J connectivity index is 2.87. The van der Waals surface area contributed by atoms with Crippen molar-refractivity contribution in [1.82, 2.24) is 0 Å². The zero-order valence-corrected chi connectivity index (χ0v) is 9.90. The van der Waals surface area contributed by atoms with Crippen LogP contribution in [0.15, 0.2) is 18.2 Å². The molecule has 1 rings (SSSR count). The molecule has 1 N–H and O–H groups in total. The molecule has 0 spiro atoms. The van der Waals surface area contributed by atoms with Crippen molar-refractivity contribution in [3.8, 4) is 11.8 Å². The number of ether oxygens (including phenoxy) is 1. The average molecular weight is 219 g/mol. The summed E-state index contributed by atoms with van der Waals surface area (Å²) in [5.74, 6) is 0.706. The number of nitriles is 1. The van der Waals surface area contributed by atoms with Crippen molar-refractivity contribution in [3.63, 3.8) is 0 Å². The molecule has 0 saturated heterocycles. The minimum absolute atomic E-state index is 0.406. The Bertz CT molecular complexity index is 393. The summed E-state index contributed by atoms with van der Waals surface area (Å²) in [5, 5.41) is 18.2. The van der Waals surface area contributed by atoms with Gasteiger partial charge in [0, 0.05) is 0 Å². The van der Waals surface area contributed by atoms with Crippen molar-refractivity contribution in [1.29, 1.82) is 5.26 Å². The number of hydrogen-bond acceptors (Lipinski definition) is 3. The van der Waals surface area contributed by atoms with Crippen molar-refractivity contribution in [2.75, 3.05) is 0 Å². The third kappa shape index (κ3) is 2.98. The van der Waals surface area contributed by atoms with Crippen molar-refractivity contribution in [3.05, 3.63) is 29.3 Å². The van der Waals surface area contributed by atoms with E-state index < -0.39 is 12.2 Å². The summed E-state index contributed by atoms with van der Waals surface area (Å²) in [6, 6.07) is 7.59. The highest BCUT2D eigenvalue weighted by atomic mass is 16.5. The molecule has 16 heavy (non-hydrogen) atoms. The molecule has 3 heteroatoms. The topological polar surface area (TPSA) is 53.2 Å². The van der Waals surface area contributed by atoms with E-state index in [4.69, 9.17) is 10.00 Å². The molecular formula is C13H17NO2. The van der Waals surface area contributed by atoms with Crippen LogP contribution in [0.1, 0.15) is 37.5 Å². The van der Waals surface area contributed by atoms with Gasteiger partial charge in [0.05, 0.1) is 6.10 Å². The van der Waals surface area contributed by atoms with E-state index in [1.807, 2.05) is 26.0 Å². The molecule has 0 fully saturated rings. The van der Waals surface area contributed by atoms with Crippen LogP contribution in [0.3, 0.4) is 0 Å². The number of nitrogens with zero attached hydrogens (tertiary/aromatic N) is 1. The van der Waals surface area contributed by atoms with Gasteiger partial charge in [-0.05, 0) is 43.5 Å². The van der Waals surface area contributed by atoms with E-state index in [9.17, 15) is 5.11 Å². The molecule has 0 aliphatic heterocycles. The van der Waals surface area contributed by atoms with Crippen LogP contribution in [0.5, 0.6) is 5.75 Å². The second-order valence-electron chi connectivity index (χ2n) is 3.84. The lowest BCUT2D eigenvalue weighted by Crippen LogP contribution is -2.13. The maximum Gasteiger partial charge on any atom is 0.184 e. The maximum atomic E-state index is 9.42. The van der Waals surface area contributed by atoms with Crippen LogP contribution in [0.25, 0.3) is 0 Å². The van der Waals surface area contributed by atoms with Crippen LogP contribution in [0, 0.1) is 18.3 Å². The Morgan fingerprint density at radius 3 is 2.62 bits per heavy atom. The van der Waals surface area contributed by atoms with Gasteiger partial charge in [0.1, 0.15) is 11.8 Å². The van der Waals surface area contributed by atoms with Gasteiger partial charge in [-0.15, -0.1) is 0 Å². The fraction of sp³-hybridized carbons (Fsp3) is 0.462. The highest BCUT2D eigenvalue weighted by molar-refractivity contribution is 5.37. The van der Waals surface area contributed by atoms with Crippen LogP contribution in [-0.2, 0) is 0 Å². The quantitative estimate of drug-likeness (QED) is 0.847. The molecule has 1 aromatic carbocycles. The van der Waals surface area contributed by atoms with Gasteiger partial charge in [-0.3, -0.25) is 0 Å². The van der Waals surface area contributed by atoms with Gasteiger partial charge in [0.25, 0.3) is 0 Å². The minimum Gasteiger partial charge on any atom is -0.475 e.